The molecule has 0 spiro atoms. The number of rotatable bonds is 6. The third kappa shape index (κ3) is 5.03. The normalized spacial score (nSPS) is 18.3. The van der Waals surface area contributed by atoms with Gasteiger partial charge in [0, 0.05) is 32.7 Å². The van der Waals surface area contributed by atoms with Gasteiger partial charge in [-0.25, -0.2) is 0 Å². The van der Waals surface area contributed by atoms with Crippen molar-refractivity contribution in [2.45, 2.75) is 12.6 Å². The number of nitrogens with zero attached hydrogens (tertiary/aromatic N) is 2. The second-order valence-electron chi connectivity index (χ2n) is 7.19. The van der Waals surface area contributed by atoms with E-state index in [9.17, 15) is 4.79 Å². The van der Waals surface area contributed by atoms with Gasteiger partial charge in [0.15, 0.2) is 11.5 Å². The van der Waals surface area contributed by atoms with Crippen molar-refractivity contribution < 1.29 is 14.3 Å². The number of hydrogen-bond donors (Lipinski definition) is 1. The monoisotopic (exact) mass is 383 g/mol. The van der Waals surface area contributed by atoms with Crippen LogP contribution in [0.2, 0.25) is 0 Å². The summed E-state index contributed by atoms with van der Waals surface area (Å²) in [4.78, 5) is 17.6. The SMILES string of the molecule is COc1cccc(C(=O)NC2CN(C)CCN(Cc3ccccc3)C2)c1OC. The lowest BCUT2D eigenvalue weighted by atomic mass is 10.1. The molecule has 1 amide bonds. The van der Waals surface area contributed by atoms with Crippen LogP contribution in [0.5, 0.6) is 11.5 Å². The van der Waals surface area contributed by atoms with Crippen LogP contribution in [0.3, 0.4) is 0 Å². The van der Waals surface area contributed by atoms with Gasteiger partial charge >= 0.3 is 0 Å². The van der Waals surface area contributed by atoms with Gasteiger partial charge in [-0.3, -0.25) is 9.69 Å². The molecule has 0 aliphatic carbocycles. The number of amides is 1. The van der Waals surface area contributed by atoms with Gasteiger partial charge in [-0.1, -0.05) is 36.4 Å². The zero-order valence-corrected chi connectivity index (χ0v) is 16.9. The van der Waals surface area contributed by atoms with E-state index in [2.05, 4.69) is 46.4 Å². The molecule has 1 heterocycles. The second-order valence-corrected chi connectivity index (χ2v) is 7.19. The number of ether oxygens (including phenoxy) is 2. The molecule has 6 heteroatoms. The van der Waals surface area contributed by atoms with E-state index in [1.807, 2.05) is 6.07 Å². The summed E-state index contributed by atoms with van der Waals surface area (Å²) in [5, 5.41) is 3.19. The Morgan fingerprint density at radius 2 is 1.82 bits per heavy atom. The second kappa shape index (κ2) is 9.57. The molecule has 1 saturated heterocycles. The molecular weight excluding hydrogens is 354 g/mol. The first-order valence-electron chi connectivity index (χ1n) is 9.57. The molecule has 0 aromatic heterocycles. The van der Waals surface area contributed by atoms with E-state index < -0.39 is 0 Å². The van der Waals surface area contributed by atoms with Gasteiger partial charge < -0.3 is 19.7 Å². The van der Waals surface area contributed by atoms with E-state index in [4.69, 9.17) is 9.47 Å². The Kier molecular flexibility index (Phi) is 6.90. The van der Waals surface area contributed by atoms with E-state index in [1.165, 1.54) is 5.56 Å². The molecule has 6 nitrogen and oxygen atoms in total. The highest BCUT2D eigenvalue weighted by molar-refractivity contribution is 5.98. The molecule has 0 bridgehead atoms. The molecule has 0 radical (unpaired) electrons. The summed E-state index contributed by atoms with van der Waals surface area (Å²) >= 11 is 0. The van der Waals surface area contributed by atoms with E-state index in [1.54, 1.807) is 32.4 Å². The number of benzene rings is 2. The molecule has 1 fully saturated rings. The van der Waals surface area contributed by atoms with E-state index in [0.717, 1.165) is 32.7 Å². The minimum absolute atomic E-state index is 0.0274. The predicted molar refractivity (Wildman–Crippen MR) is 110 cm³/mol. The van der Waals surface area contributed by atoms with Crippen LogP contribution in [0.1, 0.15) is 15.9 Å². The maximum atomic E-state index is 13.0. The highest BCUT2D eigenvalue weighted by Crippen LogP contribution is 2.30. The first-order chi connectivity index (χ1) is 13.6. The van der Waals surface area contributed by atoms with Crippen LogP contribution in [-0.2, 0) is 6.54 Å². The molecule has 150 valence electrons. The van der Waals surface area contributed by atoms with Crippen molar-refractivity contribution in [1.29, 1.82) is 0 Å². The minimum atomic E-state index is -0.143. The molecule has 0 saturated carbocycles. The van der Waals surface area contributed by atoms with E-state index >= 15 is 0 Å². The van der Waals surface area contributed by atoms with E-state index in [-0.39, 0.29) is 11.9 Å². The van der Waals surface area contributed by atoms with Crippen molar-refractivity contribution in [3.05, 3.63) is 59.7 Å². The van der Waals surface area contributed by atoms with Crippen molar-refractivity contribution in [3.63, 3.8) is 0 Å². The maximum Gasteiger partial charge on any atom is 0.255 e. The molecule has 1 aliphatic rings. The number of likely N-dealkylation sites (N-methyl/N-ethyl adjacent to an activating group) is 1. The van der Waals surface area contributed by atoms with E-state index in [0.29, 0.717) is 17.1 Å². The Morgan fingerprint density at radius 3 is 2.54 bits per heavy atom. The van der Waals surface area contributed by atoms with Crippen molar-refractivity contribution in [2.75, 3.05) is 47.4 Å². The van der Waals surface area contributed by atoms with Crippen LogP contribution in [0, 0.1) is 0 Å². The lowest BCUT2D eigenvalue weighted by molar-refractivity contribution is 0.0920. The lowest BCUT2D eigenvalue weighted by Gasteiger charge is -2.25. The first-order valence-corrected chi connectivity index (χ1v) is 9.57. The van der Waals surface area contributed by atoms with Crippen molar-refractivity contribution >= 4 is 5.91 Å². The zero-order chi connectivity index (χ0) is 19.9. The number of hydrogen-bond acceptors (Lipinski definition) is 5. The van der Waals surface area contributed by atoms with Crippen LogP contribution in [0.25, 0.3) is 0 Å². The van der Waals surface area contributed by atoms with Crippen molar-refractivity contribution in [3.8, 4) is 11.5 Å². The summed E-state index contributed by atoms with van der Waals surface area (Å²) < 4.78 is 10.7. The first kappa shape index (κ1) is 20.2. The number of para-hydroxylation sites is 1. The lowest BCUT2D eigenvalue weighted by Crippen LogP contribution is -2.46. The van der Waals surface area contributed by atoms with Crippen LogP contribution >= 0.6 is 0 Å². The summed E-state index contributed by atoms with van der Waals surface area (Å²) in [5.74, 6) is 0.875. The maximum absolute atomic E-state index is 13.0. The summed E-state index contributed by atoms with van der Waals surface area (Å²) in [5.41, 5.74) is 1.77. The zero-order valence-electron chi connectivity index (χ0n) is 16.9. The quantitative estimate of drug-likeness (QED) is 0.829. The van der Waals surface area contributed by atoms with Crippen LogP contribution in [0.4, 0.5) is 0 Å². The summed E-state index contributed by atoms with van der Waals surface area (Å²) in [7, 11) is 5.22. The molecule has 2 aromatic rings. The highest BCUT2D eigenvalue weighted by Gasteiger charge is 2.24. The average molecular weight is 383 g/mol. The largest absolute Gasteiger partial charge is 0.493 e. The van der Waals surface area contributed by atoms with Gasteiger partial charge in [0.05, 0.1) is 25.8 Å². The Bertz CT molecular complexity index is 782. The van der Waals surface area contributed by atoms with Crippen LogP contribution in [-0.4, -0.2) is 69.2 Å². The van der Waals surface area contributed by atoms with Gasteiger partial charge in [0.1, 0.15) is 0 Å². The minimum Gasteiger partial charge on any atom is -0.493 e. The Morgan fingerprint density at radius 1 is 1.04 bits per heavy atom. The third-order valence-corrected chi connectivity index (χ3v) is 5.04. The van der Waals surface area contributed by atoms with Gasteiger partial charge in [0.2, 0.25) is 0 Å². The number of carbonyl (C=O) groups is 1. The van der Waals surface area contributed by atoms with Gasteiger partial charge in [-0.05, 0) is 24.7 Å². The standard InChI is InChI=1S/C22H29N3O3/c1-24-12-13-25(14-17-8-5-4-6-9-17)16-18(15-24)23-22(26)19-10-7-11-20(27-2)21(19)28-3/h4-11,18H,12-16H2,1-3H3,(H,23,26). The predicted octanol–water partition coefficient (Wildman–Crippen LogP) is 2.25. The topological polar surface area (TPSA) is 54.0 Å². The fourth-order valence-corrected chi connectivity index (χ4v) is 3.65. The number of methoxy groups -OCH3 is 2. The van der Waals surface area contributed by atoms with Crippen molar-refractivity contribution in [1.82, 2.24) is 15.1 Å². The van der Waals surface area contributed by atoms with Crippen LogP contribution < -0.4 is 14.8 Å². The molecule has 2 aromatic carbocycles. The highest BCUT2D eigenvalue weighted by atomic mass is 16.5. The fourth-order valence-electron chi connectivity index (χ4n) is 3.65. The van der Waals surface area contributed by atoms with Crippen molar-refractivity contribution in [2.24, 2.45) is 0 Å². The molecular formula is C22H29N3O3. The molecule has 28 heavy (non-hydrogen) atoms. The Hall–Kier alpha value is -2.57. The van der Waals surface area contributed by atoms with Gasteiger partial charge in [-0.15, -0.1) is 0 Å². The van der Waals surface area contributed by atoms with Crippen LogP contribution in [0.15, 0.2) is 48.5 Å². The Labute approximate surface area is 167 Å². The molecule has 1 unspecified atom stereocenters. The summed E-state index contributed by atoms with van der Waals surface area (Å²) in [6.07, 6.45) is 0. The average Bonchev–Trinajstić information content (AvgIpc) is 2.88. The summed E-state index contributed by atoms with van der Waals surface area (Å²) in [6, 6.07) is 15.8. The summed E-state index contributed by atoms with van der Waals surface area (Å²) in [6.45, 7) is 4.44. The number of carbonyl (C=O) groups excluding carboxylic acids is 1. The molecule has 1 N–H and O–H groups in total. The molecule has 1 aliphatic heterocycles. The third-order valence-electron chi connectivity index (χ3n) is 5.04. The number of nitrogens with one attached hydrogen (secondary N) is 1. The smallest absolute Gasteiger partial charge is 0.255 e. The van der Waals surface area contributed by atoms with Gasteiger partial charge in [-0.2, -0.15) is 0 Å². The Balaban J connectivity index is 1.72. The molecule has 1 atom stereocenters. The fraction of sp³-hybridized carbons (Fsp3) is 0.409. The molecule has 3 rings (SSSR count). The van der Waals surface area contributed by atoms with Gasteiger partial charge in [0.25, 0.3) is 5.91 Å².